The van der Waals surface area contributed by atoms with Crippen LogP contribution in [0.3, 0.4) is 0 Å². The monoisotopic (exact) mass is 614 g/mol. The van der Waals surface area contributed by atoms with Crippen LogP contribution in [0.4, 0.5) is 0 Å². The van der Waals surface area contributed by atoms with Crippen LogP contribution >= 0.6 is 0 Å². The fourth-order valence-corrected chi connectivity index (χ4v) is 5.20. The van der Waals surface area contributed by atoms with E-state index in [9.17, 15) is 58.6 Å². The molecule has 0 aromatic rings. The van der Waals surface area contributed by atoms with Crippen LogP contribution in [0.5, 0.6) is 0 Å². The molecule has 0 saturated carbocycles. The number of methoxy groups -OCH3 is 4. The van der Waals surface area contributed by atoms with Gasteiger partial charge in [0.2, 0.25) is 10.5 Å². The third-order valence-electron chi connectivity index (χ3n) is 4.17. The number of hydrogen-bond donors (Lipinski definition) is 1. The van der Waals surface area contributed by atoms with Gasteiger partial charge in [-0.2, -0.15) is 25.3 Å². The van der Waals surface area contributed by atoms with E-state index in [0.29, 0.717) is 14.2 Å². The summed E-state index contributed by atoms with van der Waals surface area (Å²) < 4.78 is 106. The maximum Gasteiger partial charge on any atom is 0.343 e. The standard InChI is InChI=1S/C16H22O19S3/c1-30-11(17)6-9(14(20)32-3)37(26,27)34-13(19)5-8(36(23,24)25)16(22)35-38(28,29)10(15(21)33-4)7-12(18)31-2/h8-10H,5-7H2,1-4H3,(H,23,24,25). The van der Waals surface area contributed by atoms with Crippen LogP contribution in [0.25, 0.3) is 0 Å². The molecule has 0 saturated heterocycles. The van der Waals surface area contributed by atoms with Crippen LogP contribution < -0.4 is 0 Å². The van der Waals surface area contributed by atoms with Gasteiger partial charge in [0.15, 0.2) is 5.25 Å². The normalized spacial score (nSPS) is 14.1. The van der Waals surface area contributed by atoms with Crippen LogP contribution in [0.2, 0.25) is 0 Å². The Balaban J connectivity index is 6.03. The van der Waals surface area contributed by atoms with Gasteiger partial charge in [-0.1, -0.05) is 0 Å². The van der Waals surface area contributed by atoms with Crippen molar-refractivity contribution in [2.75, 3.05) is 28.4 Å². The zero-order valence-corrected chi connectivity index (χ0v) is 22.3. The molecule has 3 atom stereocenters. The summed E-state index contributed by atoms with van der Waals surface area (Å²) >= 11 is 0. The van der Waals surface area contributed by atoms with E-state index in [1.54, 1.807) is 0 Å². The largest absolute Gasteiger partial charge is 0.469 e. The van der Waals surface area contributed by atoms with E-state index in [4.69, 9.17) is 0 Å². The Hall–Kier alpha value is -3.37. The quantitative estimate of drug-likeness (QED) is 0.0862. The van der Waals surface area contributed by atoms with Crippen LogP contribution in [-0.4, -0.2) is 110 Å². The van der Waals surface area contributed by atoms with E-state index >= 15 is 0 Å². The lowest BCUT2D eigenvalue weighted by Gasteiger charge is -2.17. The number of ether oxygens (including phenoxy) is 4. The molecule has 3 unspecified atom stereocenters. The minimum atomic E-state index is -5.74. The van der Waals surface area contributed by atoms with Gasteiger partial charge in [-0.25, -0.2) is 4.79 Å². The van der Waals surface area contributed by atoms with Gasteiger partial charge >= 0.3 is 56.1 Å². The molecule has 218 valence electrons. The van der Waals surface area contributed by atoms with Crippen molar-refractivity contribution >= 4 is 66.2 Å². The highest BCUT2D eigenvalue weighted by Gasteiger charge is 2.45. The predicted molar refractivity (Wildman–Crippen MR) is 115 cm³/mol. The maximum absolute atomic E-state index is 12.3. The van der Waals surface area contributed by atoms with Gasteiger partial charge in [0.1, 0.15) is 0 Å². The Labute approximate surface area is 215 Å². The molecular weight excluding hydrogens is 592 g/mol. The second-order valence-corrected chi connectivity index (χ2v) is 11.7. The van der Waals surface area contributed by atoms with Gasteiger partial charge in [0.25, 0.3) is 10.1 Å². The molecule has 38 heavy (non-hydrogen) atoms. The number of carbonyl (C=O) groups excluding carboxylic acids is 6. The smallest absolute Gasteiger partial charge is 0.343 e. The van der Waals surface area contributed by atoms with E-state index in [2.05, 4.69) is 27.3 Å². The SMILES string of the molecule is COC(=O)CC(C(=O)OC)S(=O)(=O)OC(=O)CC(C(=O)OS(=O)(=O)C(CC(=O)OC)C(=O)OC)S(=O)(=O)O. The highest BCUT2D eigenvalue weighted by atomic mass is 32.2. The maximum atomic E-state index is 12.3. The topological polar surface area (TPSA) is 280 Å². The predicted octanol–water partition coefficient (Wildman–Crippen LogP) is -3.41. The summed E-state index contributed by atoms with van der Waals surface area (Å²) in [5, 5.41) is -8.23. The summed E-state index contributed by atoms with van der Waals surface area (Å²) in [6, 6.07) is 0. The van der Waals surface area contributed by atoms with Gasteiger partial charge in [-0.3, -0.25) is 28.5 Å². The lowest BCUT2D eigenvalue weighted by Crippen LogP contribution is -2.41. The summed E-state index contributed by atoms with van der Waals surface area (Å²) in [7, 11) is -13.7. The van der Waals surface area contributed by atoms with Gasteiger partial charge in [0, 0.05) is 0 Å². The fourth-order valence-electron chi connectivity index (χ4n) is 2.25. The number of hydrogen-bond acceptors (Lipinski definition) is 18. The molecule has 1 N–H and O–H groups in total. The summed E-state index contributed by atoms with van der Waals surface area (Å²) in [5.74, 6) is -10.4. The molecule has 0 aliphatic carbocycles. The lowest BCUT2D eigenvalue weighted by atomic mass is 10.3. The second-order valence-electron chi connectivity index (χ2n) is 6.64. The number of carbonyl (C=O) groups is 6. The van der Waals surface area contributed by atoms with Crippen molar-refractivity contribution in [2.24, 2.45) is 0 Å². The number of rotatable bonds is 14. The molecule has 0 aromatic heterocycles. The van der Waals surface area contributed by atoms with Gasteiger partial charge in [0.05, 0.1) is 47.7 Å². The molecule has 22 heteroatoms. The van der Waals surface area contributed by atoms with Crippen molar-refractivity contribution in [1.29, 1.82) is 0 Å². The van der Waals surface area contributed by atoms with Crippen molar-refractivity contribution in [1.82, 2.24) is 0 Å². The fraction of sp³-hybridized carbons (Fsp3) is 0.625. The van der Waals surface area contributed by atoms with E-state index < -0.39 is 101 Å². The summed E-state index contributed by atoms with van der Waals surface area (Å²) in [4.78, 5) is 70.6. The average molecular weight is 615 g/mol. The van der Waals surface area contributed by atoms with Gasteiger partial charge < -0.3 is 27.3 Å². The van der Waals surface area contributed by atoms with Crippen molar-refractivity contribution < 1.29 is 85.9 Å². The Kier molecular flexibility index (Phi) is 12.7. The highest BCUT2D eigenvalue weighted by molar-refractivity contribution is 7.89. The molecule has 19 nitrogen and oxygen atoms in total. The van der Waals surface area contributed by atoms with Crippen molar-refractivity contribution in [2.45, 2.75) is 35.0 Å². The van der Waals surface area contributed by atoms with Crippen LogP contribution in [0.1, 0.15) is 19.3 Å². The van der Waals surface area contributed by atoms with E-state index in [1.165, 1.54) is 0 Å². The summed E-state index contributed by atoms with van der Waals surface area (Å²) in [5.41, 5.74) is 0. The third-order valence-corrected chi connectivity index (χ3v) is 8.17. The van der Waals surface area contributed by atoms with E-state index in [0.717, 1.165) is 14.2 Å². The first-order chi connectivity index (χ1) is 17.3. The Morgan fingerprint density at radius 3 is 1.18 bits per heavy atom. The Morgan fingerprint density at radius 1 is 0.526 bits per heavy atom. The molecule has 0 rings (SSSR count). The van der Waals surface area contributed by atoms with Crippen LogP contribution in [0, 0.1) is 0 Å². The lowest BCUT2D eigenvalue weighted by molar-refractivity contribution is -0.147. The summed E-state index contributed by atoms with van der Waals surface area (Å²) in [6.45, 7) is 0. The minimum absolute atomic E-state index is 0.684. The highest BCUT2D eigenvalue weighted by Crippen LogP contribution is 2.18. The molecule has 0 aromatic carbocycles. The van der Waals surface area contributed by atoms with Gasteiger partial charge in [-0.05, 0) is 0 Å². The first-order valence-electron chi connectivity index (χ1n) is 9.46. The summed E-state index contributed by atoms with van der Waals surface area (Å²) in [6.07, 6.45) is -4.42. The third kappa shape index (κ3) is 10.2. The van der Waals surface area contributed by atoms with Crippen molar-refractivity contribution in [3.8, 4) is 0 Å². The second kappa shape index (κ2) is 14.0. The first-order valence-corrected chi connectivity index (χ1v) is 13.9. The zero-order chi connectivity index (χ0) is 30.1. The van der Waals surface area contributed by atoms with Crippen molar-refractivity contribution in [3.63, 3.8) is 0 Å². The zero-order valence-electron chi connectivity index (χ0n) is 19.9. The van der Waals surface area contributed by atoms with Crippen LogP contribution in [-0.2, 0) is 86.4 Å². The van der Waals surface area contributed by atoms with E-state index in [1.807, 2.05) is 0 Å². The van der Waals surface area contributed by atoms with Crippen LogP contribution in [0.15, 0.2) is 0 Å². The Morgan fingerprint density at radius 2 is 0.868 bits per heavy atom. The molecule has 0 bridgehead atoms. The molecule has 0 aliphatic rings. The molecule has 0 aliphatic heterocycles. The van der Waals surface area contributed by atoms with E-state index in [-0.39, 0.29) is 0 Å². The molecule has 0 spiro atoms. The molecule has 0 heterocycles. The molecule has 0 radical (unpaired) electrons. The molecular formula is C16H22O19S3. The molecule has 0 fully saturated rings. The molecule has 0 amide bonds. The Bertz CT molecular complexity index is 1260. The first kappa shape index (κ1) is 34.6. The van der Waals surface area contributed by atoms with Crippen molar-refractivity contribution in [3.05, 3.63) is 0 Å². The minimum Gasteiger partial charge on any atom is -0.469 e. The number of esters is 4. The average Bonchev–Trinajstić information content (AvgIpc) is 2.81. The van der Waals surface area contributed by atoms with Gasteiger partial charge in [-0.15, -0.1) is 0 Å².